The molecule has 2 rings (SSSR count). The molecule has 0 amide bonds. The van der Waals surface area contributed by atoms with Crippen LogP contribution in [0.5, 0.6) is 0 Å². The quantitative estimate of drug-likeness (QED) is 0.709. The first-order valence-electron chi connectivity index (χ1n) is 5.14. The van der Waals surface area contributed by atoms with Crippen LogP contribution in [0.2, 0.25) is 10.3 Å². The average molecular weight is 307 g/mol. The van der Waals surface area contributed by atoms with E-state index >= 15 is 0 Å². The van der Waals surface area contributed by atoms with Gasteiger partial charge in [-0.3, -0.25) is 0 Å². The molecule has 1 aromatic heterocycles. The van der Waals surface area contributed by atoms with Gasteiger partial charge in [-0.15, -0.1) is 0 Å². The maximum atomic E-state index is 12.7. The van der Waals surface area contributed by atoms with Crippen molar-refractivity contribution in [3.63, 3.8) is 0 Å². The molecule has 0 aliphatic rings. The van der Waals surface area contributed by atoms with Crippen LogP contribution in [0.1, 0.15) is 11.1 Å². The van der Waals surface area contributed by atoms with E-state index in [1.54, 1.807) is 6.92 Å². The molecule has 0 spiro atoms. The maximum Gasteiger partial charge on any atom is 0.416 e. The highest BCUT2D eigenvalue weighted by atomic mass is 35.5. The highest BCUT2D eigenvalue weighted by Gasteiger charge is 2.31. The minimum atomic E-state index is -4.47. The first-order valence-corrected chi connectivity index (χ1v) is 5.90. The number of halogens is 5. The van der Waals surface area contributed by atoms with Crippen molar-refractivity contribution in [3.05, 3.63) is 45.8 Å². The first kappa shape index (κ1) is 14.1. The molecule has 0 saturated heterocycles. The molecule has 0 saturated carbocycles. The molecule has 0 radical (unpaired) electrons. The Kier molecular flexibility index (Phi) is 3.69. The molecule has 0 bridgehead atoms. The summed E-state index contributed by atoms with van der Waals surface area (Å²) in [6.07, 6.45) is -3.02. The Labute approximate surface area is 117 Å². The third-order valence-corrected chi connectivity index (χ3v) is 2.84. The van der Waals surface area contributed by atoms with Gasteiger partial charge in [0.15, 0.2) is 0 Å². The predicted octanol–water partition coefficient (Wildman–Crippen LogP) is 4.78. The number of aryl methyl sites for hydroxylation is 1. The highest BCUT2D eigenvalue weighted by molar-refractivity contribution is 6.31. The standard InChI is InChI=1S/C12H7Cl2F3N2/c1-6-5-18-11(14)19-10(6)7-2-8(12(15,16)17)4-9(13)3-7/h2-5H,1H3. The van der Waals surface area contributed by atoms with Crippen LogP contribution in [0, 0.1) is 6.92 Å². The Morgan fingerprint density at radius 3 is 2.42 bits per heavy atom. The van der Waals surface area contributed by atoms with Crippen molar-refractivity contribution in [2.45, 2.75) is 13.1 Å². The summed E-state index contributed by atoms with van der Waals surface area (Å²) in [5, 5.41) is -0.0481. The zero-order valence-corrected chi connectivity index (χ0v) is 11.1. The van der Waals surface area contributed by atoms with Crippen molar-refractivity contribution in [2.24, 2.45) is 0 Å². The third kappa shape index (κ3) is 3.16. The third-order valence-electron chi connectivity index (χ3n) is 2.44. The van der Waals surface area contributed by atoms with E-state index in [2.05, 4.69) is 9.97 Å². The molecule has 0 aliphatic heterocycles. The van der Waals surface area contributed by atoms with E-state index in [0.717, 1.165) is 12.1 Å². The lowest BCUT2D eigenvalue weighted by Gasteiger charge is -2.11. The number of hydrogen-bond acceptors (Lipinski definition) is 2. The summed E-state index contributed by atoms with van der Waals surface area (Å²) < 4.78 is 38.2. The summed E-state index contributed by atoms with van der Waals surface area (Å²) in [5.74, 6) is 0. The monoisotopic (exact) mass is 306 g/mol. The Hall–Kier alpha value is -1.33. The molecule has 0 fully saturated rings. The number of nitrogens with zero attached hydrogens (tertiary/aromatic N) is 2. The van der Waals surface area contributed by atoms with Crippen LogP contribution in [-0.4, -0.2) is 9.97 Å². The molecular weight excluding hydrogens is 300 g/mol. The van der Waals surface area contributed by atoms with Crippen molar-refractivity contribution in [1.82, 2.24) is 9.97 Å². The number of alkyl halides is 3. The van der Waals surface area contributed by atoms with Crippen molar-refractivity contribution in [1.29, 1.82) is 0 Å². The SMILES string of the molecule is Cc1cnc(Cl)nc1-c1cc(Cl)cc(C(F)(F)F)c1. The molecule has 0 unspecified atom stereocenters. The van der Waals surface area contributed by atoms with Crippen LogP contribution < -0.4 is 0 Å². The van der Waals surface area contributed by atoms with Gasteiger partial charge < -0.3 is 0 Å². The van der Waals surface area contributed by atoms with Gasteiger partial charge >= 0.3 is 6.18 Å². The van der Waals surface area contributed by atoms with Crippen molar-refractivity contribution in [3.8, 4) is 11.3 Å². The summed E-state index contributed by atoms with van der Waals surface area (Å²) in [4.78, 5) is 7.69. The second-order valence-corrected chi connectivity index (χ2v) is 4.67. The van der Waals surface area contributed by atoms with Crippen LogP contribution in [0.3, 0.4) is 0 Å². The molecule has 2 nitrogen and oxygen atoms in total. The topological polar surface area (TPSA) is 25.8 Å². The Morgan fingerprint density at radius 2 is 1.79 bits per heavy atom. The largest absolute Gasteiger partial charge is 0.416 e. The van der Waals surface area contributed by atoms with E-state index in [-0.39, 0.29) is 15.9 Å². The van der Waals surface area contributed by atoms with Gasteiger partial charge in [0, 0.05) is 16.8 Å². The summed E-state index contributed by atoms with van der Waals surface area (Å²) in [5.41, 5.74) is 0.360. The molecule has 1 heterocycles. The van der Waals surface area contributed by atoms with Crippen molar-refractivity contribution >= 4 is 23.2 Å². The molecular formula is C12H7Cl2F3N2. The summed E-state index contributed by atoms with van der Waals surface area (Å²) >= 11 is 11.4. The molecule has 7 heteroatoms. The highest BCUT2D eigenvalue weighted by Crippen LogP contribution is 2.35. The van der Waals surface area contributed by atoms with Crippen LogP contribution in [0.25, 0.3) is 11.3 Å². The molecule has 2 aromatic rings. The lowest BCUT2D eigenvalue weighted by molar-refractivity contribution is -0.137. The zero-order chi connectivity index (χ0) is 14.2. The summed E-state index contributed by atoms with van der Waals surface area (Å²) in [6, 6.07) is 3.25. The number of hydrogen-bond donors (Lipinski definition) is 0. The minimum Gasteiger partial charge on any atom is -0.226 e. The van der Waals surface area contributed by atoms with E-state index in [4.69, 9.17) is 23.2 Å². The molecule has 0 atom stereocenters. The number of rotatable bonds is 1. The first-order chi connectivity index (χ1) is 8.77. The lowest BCUT2D eigenvalue weighted by Crippen LogP contribution is -2.05. The van der Waals surface area contributed by atoms with Gasteiger partial charge in [0.1, 0.15) is 0 Å². The van der Waals surface area contributed by atoms with Gasteiger partial charge in [-0.1, -0.05) is 11.6 Å². The summed E-state index contributed by atoms with van der Waals surface area (Å²) in [6.45, 7) is 1.68. The fraction of sp³-hybridized carbons (Fsp3) is 0.167. The van der Waals surface area contributed by atoms with Gasteiger partial charge in [-0.2, -0.15) is 13.2 Å². The van der Waals surface area contributed by atoms with E-state index in [1.165, 1.54) is 12.3 Å². The average Bonchev–Trinajstić information content (AvgIpc) is 2.30. The lowest BCUT2D eigenvalue weighted by atomic mass is 10.0. The van der Waals surface area contributed by atoms with Gasteiger partial charge in [-0.05, 0) is 42.3 Å². The van der Waals surface area contributed by atoms with E-state index in [1.807, 2.05) is 0 Å². The van der Waals surface area contributed by atoms with Gasteiger partial charge in [0.2, 0.25) is 5.28 Å². The maximum absolute atomic E-state index is 12.7. The smallest absolute Gasteiger partial charge is 0.226 e. The van der Waals surface area contributed by atoms with Gasteiger partial charge in [0.25, 0.3) is 0 Å². The van der Waals surface area contributed by atoms with Crippen LogP contribution >= 0.6 is 23.2 Å². The molecule has 0 N–H and O–H groups in total. The fourth-order valence-electron chi connectivity index (χ4n) is 1.60. The summed E-state index contributed by atoms with van der Waals surface area (Å²) in [7, 11) is 0. The van der Waals surface area contributed by atoms with Crippen LogP contribution in [-0.2, 0) is 6.18 Å². The predicted molar refractivity (Wildman–Crippen MR) is 67.2 cm³/mol. The van der Waals surface area contributed by atoms with Gasteiger partial charge in [-0.25, -0.2) is 9.97 Å². The molecule has 100 valence electrons. The van der Waals surface area contributed by atoms with Crippen LogP contribution in [0.15, 0.2) is 24.4 Å². The van der Waals surface area contributed by atoms with E-state index < -0.39 is 11.7 Å². The minimum absolute atomic E-state index is 0.0149. The Morgan fingerprint density at radius 1 is 1.11 bits per heavy atom. The van der Waals surface area contributed by atoms with Crippen molar-refractivity contribution in [2.75, 3.05) is 0 Å². The van der Waals surface area contributed by atoms with Crippen LogP contribution in [0.4, 0.5) is 13.2 Å². The molecule has 1 aromatic carbocycles. The van der Waals surface area contributed by atoms with Crippen molar-refractivity contribution < 1.29 is 13.2 Å². The number of aromatic nitrogens is 2. The number of benzene rings is 1. The van der Waals surface area contributed by atoms with Gasteiger partial charge in [0.05, 0.1) is 11.3 Å². The second kappa shape index (κ2) is 4.98. The molecule has 19 heavy (non-hydrogen) atoms. The van der Waals surface area contributed by atoms with E-state index in [0.29, 0.717) is 11.3 Å². The normalized spacial score (nSPS) is 11.7. The zero-order valence-electron chi connectivity index (χ0n) is 9.59. The Balaban J connectivity index is 2.63. The fourth-order valence-corrected chi connectivity index (χ4v) is 1.97. The second-order valence-electron chi connectivity index (χ2n) is 3.90. The van der Waals surface area contributed by atoms with E-state index in [9.17, 15) is 13.2 Å². The molecule has 0 aliphatic carbocycles. The Bertz CT molecular complexity index is 627.